The van der Waals surface area contributed by atoms with Gasteiger partial charge in [0, 0.05) is 24.8 Å². The summed E-state index contributed by atoms with van der Waals surface area (Å²) in [6.07, 6.45) is 9.32. The standard InChI is InChI=1S/C25H31N5O/c1-3-7-20(8-4-1)17-21-11-15-29(16-12-21)19-24-27-25(28-31-24)22-9-10-23(26-18-22)30-13-5-2-6-14-30/h1,3-4,7-10,18,21H,2,5-6,11-17,19H2. The number of piperidine rings is 2. The van der Waals surface area contributed by atoms with Crippen LogP contribution >= 0.6 is 0 Å². The Morgan fingerprint density at radius 1 is 0.903 bits per heavy atom. The number of hydrogen-bond donors (Lipinski definition) is 0. The number of aromatic nitrogens is 3. The number of nitrogens with zero attached hydrogens (tertiary/aromatic N) is 5. The second-order valence-electron chi connectivity index (χ2n) is 8.87. The van der Waals surface area contributed by atoms with Crippen molar-refractivity contribution < 1.29 is 4.52 Å². The van der Waals surface area contributed by atoms with E-state index in [1.165, 1.54) is 44.1 Å². The van der Waals surface area contributed by atoms with Gasteiger partial charge in [-0.1, -0.05) is 35.5 Å². The van der Waals surface area contributed by atoms with Crippen LogP contribution in [0.3, 0.4) is 0 Å². The Morgan fingerprint density at radius 3 is 2.45 bits per heavy atom. The first kappa shape index (κ1) is 20.2. The summed E-state index contributed by atoms with van der Waals surface area (Å²) in [6, 6.07) is 15.0. The average Bonchev–Trinajstić information content (AvgIpc) is 3.30. The maximum atomic E-state index is 5.55. The smallest absolute Gasteiger partial charge is 0.241 e. The van der Waals surface area contributed by atoms with Crippen LogP contribution in [0.1, 0.15) is 43.6 Å². The van der Waals surface area contributed by atoms with E-state index in [1.54, 1.807) is 0 Å². The molecule has 0 bridgehead atoms. The largest absolute Gasteiger partial charge is 0.357 e. The van der Waals surface area contributed by atoms with Crippen molar-refractivity contribution in [3.8, 4) is 11.4 Å². The van der Waals surface area contributed by atoms with E-state index in [-0.39, 0.29) is 0 Å². The first-order valence-corrected chi connectivity index (χ1v) is 11.6. The first-order valence-electron chi connectivity index (χ1n) is 11.6. The Balaban J connectivity index is 1.13. The van der Waals surface area contributed by atoms with Gasteiger partial charge >= 0.3 is 0 Å². The summed E-state index contributed by atoms with van der Waals surface area (Å²) in [5.74, 6) is 3.13. The molecular weight excluding hydrogens is 386 g/mol. The molecule has 0 N–H and O–H groups in total. The summed E-state index contributed by atoms with van der Waals surface area (Å²) in [5.41, 5.74) is 2.36. The fourth-order valence-corrected chi connectivity index (χ4v) is 4.75. The van der Waals surface area contributed by atoms with E-state index in [2.05, 4.69) is 67.4 Å². The molecule has 6 heteroatoms. The lowest BCUT2D eigenvalue weighted by atomic mass is 9.90. The molecule has 0 spiro atoms. The normalized spacial score (nSPS) is 18.4. The molecule has 3 aromatic rings. The summed E-state index contributed by atoms with van der Waals surface area (Å²) in [6.45, 7) is 5.09. The SMILES string of the molecule is c1ccc(CC2CCN(Cc3nc(-c4ccc(N5CCCCC5)nc4)no3)CC2)cc1. The van der Waals surface area contributed by atoms with Crippen LogP contribution in [-0.4, -0.2) is 46.2 Å². The van der Waals surface area contributed by atoms with E-state index in [0.717, 1.165) is 50.0 Å². The van der Waals surface area contributed by atoms with Crippen molar-refractivity contribution in [2.75, 3.05) is 31.1 Å². The van der Waals surface area contributed by atoms with Crippen molar-refractivity contribution in [1.82, 2.24) is 20.0 Å². The van der Waals surface area contributed by atoms with Gasteiger partial charge in [-0.3, -0.25) is 4.90 Å². The molecule has 2 fully saturated rings. The number of likely N-dealkylation sites (tertiary alicyclic amines) is 1. The minimum Gasteiger partial charge on any atom is -0.357 e. The molecule has 162 valence electrons. The highest BCUT2D eigenvalue weighted by atomic mass is 16.5. The monoisotopic (exact) mass is 417 g/mol. The van der Waals surface area contributed by atoms with Crippen molar-refractivity contribution in [3.63, 3.8) is 0 Å². The van der Waals surface area contributed by atoms with Gasteiger partial charge in [0.15, 0.2) is 0 Å². The van der Waals surface area contributed by atoms with Crippen molar-refractivity contribution in [1.29, 1.82) is 0 Å². The molecular formula is C25H31N5O. The topological polar surface area (TPSA) is 58.3 Å². The van der Waals surface area contributed by atoms with Gasteiger partial charge in [-0.05, 0) is 75.2 Å². The minimum absolute atomic E-state index is 0.631. The molecule has 2 aliphatic rings. The number of rotatable bonds is 6. The Hall–Kier alpha value is -2.73. The Kier molecular flexibility index (Phi) is 6.25. The number of hydrogen-bond acceptors (Lipinski definition) is 6. The zero-order valence-corrected chi connectivity index (χ0v) is 18.1. The van der Waals surface area contributed by atoms with Gasteiger partial charge in [0.2, 0.25) is 11.7 Å². The van der Waals surface area contributed by atoms with Crippen LogP contribution in [0.25, 0.3) is 11.4 Å². The van der Waals surface area contributed by atoms with Gasteiger partial charge < -0.3 is 9.42 Å². The predicted octanol–water partition coefficient (Wildman–Crippen LogP) is 4.58. The van der Waals surface area contributed by atoms with E-state index < -0.39 is 0 Å². The Morgan fingerprint density at radius 2 is 1.71 bits per heavy atom. The van der Waals surface area contributed by atoms with Gasteiger partial charge in [-0.15, -0.1) is 0 Å². The van der Waals surface area contributed by atoms with E-state index in [1.807, 2.05) is 6.20 Å². The quantitative estimate of drug-likeness (QED) is 0.585. The van der Waals surface area contributed by atoms with Gasteiger partial charge in [-0.25, -0.2) is 4.98 Å². The molecule has 0 unspecified atom stereocenters. The zero-order valence-electron chi connectivity index (χ0n) is 18.1. The fraction of sp³-hybridized carbons (Fsp3) is 0.480. The predicted molar refractivity (Wildman–Crippen MR) is 122 cm³/mol. The highest BCUT2D eigenvalue weighted by molar-refractivity contribution is 5.55. The van der Waals surface area contributed by atoms with Gasteiger partial charge in [0.05, 0.1) is 6.54 Å². The molecule has 0 amide bonds. The van der Waals surface area contributed by atoms with Crippen LogP contribution < -0.4 is 4.90 Å². The maximum Gasteiger partial charge on any atom is 0.241 e. The summed E-state index contributed by atoms with van der Waals surface area (Å²) in [7, 11) is 0. The van der Waals surface area contributed by atoms with Crippen molar-refractivity contribution in [2.45, 2.75) is 45.1 Å². The second kappa shape index (κ2) is 9.60. The maximum absolute atomic E-state index is 5.55. The van der Waals surface area contributed by atoms with Gasteiger partial charge in [-0.2, -0.15) is 4.98 Å². The second-order valence-corrected chi connectivity index (χ2v) is 8.87. The summed E-state index contributed by atoms with van der Waals surface area (Å²) in [5, 5.41) is 4.20. The first-order chi connectivity index (χ1) is 15.3. The Bertz CT molecular complexity index is 942. The molecule has 6 nitrogen and oxygen atoms in total. The zero-order chi connectivity index (χ0) is 20.9. The van der Waals surface area contributed by atoms with Crippen LogP contribution in [0.4, 0.5) is 5.82 Å². The van der Waals surface area contributed by atoms with E-state index in [0.29, 0.717) is 11.7 Å². The molecule has 2 aliphatic heterocycles. The van der Waals surface area contributed by atoms with Crippen molar-refractivity contribution >= 4 is 5.82 Å². The molecule has 5 rings (SSSR count). The average molecular weight is 418 g/mol. The Labute approximate surface area is 184 Å². The molecule has 2 saturated heterocycles. The van der Waals surface area contributed by atoms with Crippen LogP contribution in [0.15, 0.2) is 53.2 Å². The lowest BCUT2D eigenvalue weighted by Crippen LogP contribution is -2.33. The molecule has 0 aliphatic carbocycles. The fourth-order valence-electron chi connectivity index (χ4n) is 4.75. The molecule has 2 aromatic heterocycles. The van der Waals surface area contributed by atoms with E-state index in [4.69, 9.17) is 4.52 Å². The lowest BCUT2D eigenvalue weighted by molar-refractivity contribution is 0.159. The minimum atomic E-state index is 0.631. The number of anilines is 1. The number of pyridine rings is 1. The van der Waals surface area contributed by atoms with Gasteiger partial charge in [0.25, 0.3) is 0 Å². The third kappa shape index (κ3) is 5.13. The van der Waals surface area contributed by atoms with E-state index >= 15 is 0 Å². The summed E-state index contributed by atoms with van der Waals surface area (Å²) < 4.78 is 5.55. The molecule has 31 heavy (non-hydrogen) atoms. The molecule has 4 heterocycles. The third-order valence-corrected chi connectivity index (χ3v) is 6.59. The van der Waals surface area contributed by atoms with E-state index in [9.17, 15) is 0 Å². The third-order valence-electron chi connectivity index (χ3n) is 6.59. The van der Waals surface area contributed by atoms with Crippen LogP contribution in [-0.2, 0) is 13.0 Å². The number of benzene rings is 1. The van der Waals surface area contributed by atoms with Gasteiger partial charge in [0.1, 0.15) is 5.82 Å². The van der Waals surface area contributed by atoms with Crippen molar-refractivity contribution in [3.05, 3.63) is 60.1 Å². The van der Waals surface area contributed by atoms with Crippen LogP contribution in [0.5, 0.6) is 0 Å². The van der Waals surface area contributed by atoms with Crippen LogP contribution in [0.2, 0.25) is 0 Å². The molecule has 0 saturated carbocycles. The van der Waals surface area contributed by atoms with Crippen LogP contribution in [0, 0.1) is 5.92 Å². The van der Waals surface area contributed by atoms with Crippen molar-refractivity contribution in [2.24, 2.45) is 5.92 Å². The molecule has 0 radical (unpaired) electrons. The lowest BCUT2D eigenvalue weighted by Gasteiger charge is -2.31. The highest BCUT2D eigenvalue weighted by Gasteiger charge is 2.21. The summed E-state index contributed by atoms with van der Waals surface area (Å²) >= 11 is 0. The molecule has 1 aromatic carbocycles. The summed E-state index contributed by atoms with van der Waals surface area (Å²) in [4.78, 5) is 14.1. The highest BCUT2D eigenvalue weighted by Crippen LogP contribution is 2.24. The molecule has 0 atom stereocenters.